The molecule has 3 heterocycles. The second kappa shape index (κ2) is 8.39. The highest BCUT2D eigenvalue weighted by molar-refractivity contribution is 7.13. The second-order valence-corrected chi connectivity index (χ2v) is 7.65. The summed E-state index contributed by atoms with van der Waals surface area (Å²) in [6, 6.07) is 15.5. The van der Waals surface area contributed by atoms with E-state index in [-0.39, 0.29) is 11.8 Å². The van der Waals surface area contributed by atoms with Gasteiger partial charge in [0.05, 0.1) is 17.7 Å². The number of carbonyl (C=O) groups excluding carboxylic acids is 1. The van der Waals surface area contributed by atoms with Crippen molar-refractivity contribution < 1.29 is 9.53 Å². The van der Waals surface area contributed by atoms with E-state index in [0.29, 0.717) is 11.4 Å². The molecule has 1 N–H and O–H groups in total. The largest absolute Gasteiger partial charge is 0.495 e. The molecule has 0 atom stereocenters. The third-order valence-corrected chi connectivity index (χ3v) is 5.87. The first-order valence-corrected chi connectivity index (χ1v) is 10.2. The average Bonchev–Trinajstić information content (AvgIpc) is 3.29. The zero-order valence-electron chi connectivity index (χ0n) is 15.7. The number of nitrogens with one attached hydrogen (secondary N) is 1. The zero-order chi connectivity index (χ0) is 19.3. The lowest BCUT2D eigenvalue weighted by Gasteiger charge is -2.31. The van der Waals surface area contributed by atoms with Crippen LogP contribution in [-0.4, -0.2) is 36.3 Å². The summed E-state index contributed by atoms with van der Waals surface area (Å²) in [6.45, 7) is 1.58. The number of anilines is 2. The fourth-order valence-electron chi connectivity index (χ4n) is 3.40. The van der Waals surface area contributed by atoms with Crippen molar-refractivity contribution in [1.29, 1.82) is 0 Å². The van der Waals surface area contributed by atoms with Crippen molar-refractivity contribution in [3.8, 4) is 16.3 Å². The van der Waals surface area contributed by atoms with Crippen LogP contribution in [0.1, 0.15) is 12.8 Å². The standard InChI is InChI=1S/C21H22N4O2S/c1-27-18-6-3-2-5-16(18)22-21(26)15-10-12-25(13-11-15)20-9-8-17(23-24-20)19-7-4-14-28-19/h2-9,14-15H,10-13H2,1H3,(H,22,26). The summed E-state index contributed by atoms with van der Waals surface area (Å²) in [7, 11) is 1.61. The van der Waals surface area contributed by atoms with Crippen LogP contribution in [0.15, 0.2) is 53.9 Å². The highest BCUT2D eigenvalue weighted by atomic mass is 32.1. The Morgan fingerprint density at radius 2 is 1.93 bits per heavy atom. The summed E-state index contributed by atoms with van der Waals surface area (Å²) < 4.78 is 5.31. The quantitative estimate of drug-likeness (QED) is 0.707. The molecule has 0 unspecified atom stereocenters. The van der Waals surface area contributed by atoms with E-state index in [1.165, 1.54) is 0 Å². The third kappa shape index (κ3) is 3.99. The predicted molar refractivity (Wildman–Crippen MR) is 112 cm³/mol. The Kier molecular flexibility index (Phi) is 5.53. The number of hydrogen-bond donors (Lipinski definition) is 1. The molecule has 4 rings (SSSR count). The van der Waals surface area contributed by atoms with Gasteiger partial charge in [-0.2, -0.15) is 0 Å². The number of thiophene rings is 1. The minimum Gasteiger partial charge on any atom is -0.495 e. The summed E-state index contributed by atoms with van der Waals surface area (Å²) in [5.74, 6) is 1.57. The van der Waals surface area contributed by atoms with Crippen LogP contribution in [0.5, 0.6) is 5.75 Å². The summed E-state index contributed by atoms with van der Waals surface area (Å²) in [6.07, 6.45) is 1.57. The van der Waals surface area contributed by atoms with E-state index >= 15 is 0 Å². The SMILES string of the molecule is COc1ccccc1NC(=O)C1CCN(c2ccc(-c3cccs3)nn2)CC1. The van der Waals surface area contributed by atoms with Gasteiger partial charge in [-0.15, -0.1) is 21.5 Å². The molecule has 144 valence electrons. The molecule has 0 spiro atoms. The Labute approximate surface area is 168 Å². The summed E-state index contributed by atoms with van der Waals surface area (Å²) >= 11 is 1.65. The van der Waals surface area contributed by atoms with Crippen molar-refractivity contribution in [2.24, 2.45) is 5.92 Å². The molecule has 3 aromatic rings. The molecule has 0 aliphatic carbocycles. The first-order valence-electron chi connectivity index (χ1n) is 9.31. The number of amides is 1. The van der Waals surface area contributed by atoms with Crippen LogP contribution < -0.4 is 15.0 Å². The van der Waals surface area contributed by atoms with Gasteiger partial charge in [-0.05, 0) is 48.6 Å². The number of piperidine rings is 1. The van der Waals surface area contributed by atoms with E-state index in [1.807, 2.05) is 53.9 Å². The molecule has 1 aromatic carbocycles. The van der Waals surface area contributed by atoms with Gasteiger partial charge >= 0.3 is 0 Å². The maximum atomic E-state index is 12.6. The van der Waals surface area contributed by atoms with E-state index in [9.17, 15) is 4.79 Å². The van der Waals surface area contributed by atoms with E-state index in [2.05, 4.69) is 20.4 Å². The normalized spacial score (nSPS) is 14.7. The highest BCUT2D eigenvalue weighted by Crippen LogP contribution is 2.28. The van der Waals surface area contributed by atoms with Crippen LogP contribution in [0, 0.1) is 5.92 Å². The maximum absolute atomic E-state index is 12.6. The van der Waals surface area contributed by atoms with Gasteiger partial charge in [-0.1, -0.05) is 18.2 Å². The predicted octanol–water partition coefficient (Wildman–Crippen LogP) is 4.07. The lowest BCUT2D eigenvalue weighted by atomic mass is 9.95. The minimum absolute atomic E-state index is 0.0143. The van der Waals surface area contributed by atoms with Crippen molar-refractivity contribution in [3.63, 3.8) is 0 Å². The molecule has 0 radical (unpaired) electrons. The molecule has 28 heavy (non-hydrogen) atoms. The molecule has 2 aromatic heterocycles. The Morgan fingerprint density at radius 3 is 2.61 bits per heavy atom. The first-order chi connectivity index (χ1) is 13.7. The molecular formula is C21H22N4O2S. The number of rotatable bonds is 5. The molecule has 1 amide bonds. The number of carbonyl (C=O) groups is 1. The van der Waals surface area contributed by atoms with Crippen LogP contribution in [-0.2, 0) is 4.79 Å². The number of hydrogen-bond acceptors (Lipinski definition) is 6. The molecule has 1 aliphatic rings. The van der Waals surface area contributed by atoms with Crippen LogP contribution in [0.2, 0.25) is 0 Å². The van der Waals surface area contributed by atoms with Crippen molar-refractivity contribution in [1.82, 2.24) is 10.2 Å². The molecule has 1 aliphatic heterocycles. The Balaban J connectivity index is 1.34. The Bertz CT molecular complexity index is 920. The second-order valence-electron chi connectivity index (χ2n) is 6.70. The fourth-order valence-corrected chi connectivity index (χ4v) is 4.09. The van der Waals surface area contributed by atoms with E-state index in [1.54, 1.807) is 18.4 Å². The van der Waals surface area contributed by atoms with Crippen LogP contribution in [0.3, 0.4) is 0 Å². The lowest BCUT2D eigenvalue weighted by molar-refractivity contribution is -0.120. The lowest BCUT2D eigenvalue weighted by Crippen LogP contribution is -2.38. The molecule has 1 fully saturated rings. The molecule has 0 saturated carbocycles. The monoisotopic (exact) mass is 394 g/mol. The molecular weight excluding hydrogens is 372 g/mol. The average molecular weight is 395 g/mol. The van der Waals surface area contributed by atoms with Gasteiger partial charge in [0.15, 0.2) is 5.82 Å². The fraction of sp³-hybridized carbons (Fsp3) is 0.286. The van der Waals surface area contributed by atoms with Crippen molar-refractivity contribution >= 4 is 28.7 Å². The molecule has 1 saturated heterocycles. The zero-order valence-corrected chi connectivity index (χ0v) is 16.5. The number of methoxy groups -OCH3 is 1. The number of aromatic nitrogens is 2. The van der Waals surface area contributed by atoms with Gasteiger partial charge in [0.25, 0.3) is 0 Å². The van der Waals surface area contributed by atoms with Crippen molar-refractivity contribution in [2.45, 2.75) is 12.8 Å². The van der Waals surface area contributed by atoms with Crippen LogP contribution >= 0.6 is 11.3 Å². The Hall–Kier alpha value is -2.93. The van der Waals surface area contributed by atoms with Gasteiger partial charge in [-0.3, -0.25) is 4.79 Å². The van der Waals surface area contributed by atoms with Crippen LogP contribution in [0.4, 0.5) is 11.5 Å². The number of benzene rings is 1. The van der Waals surface area contributed by atoms with E-state index in [4.69, 9.17) is 4.74 Å². The van der Waals surface area contributed by atoms with E-state index < -0.39 is 0 Å². The number of para-hydroxylation sites is 2. The smallest absolute Gasteiger partial charge is 0.227 e. The van der Waals surface area contributed by atoms with E-state index in [0.717, 1.165) is 42.3 Å². The Morgan fingerprint density at radius 1 is 1.11 bits per heavy atom. The number of ether oxygens (including phenoxy) is 1. The van der Waals surface area contributed by atoms with Crippen LogP contribution in [0.25, 0.3) is 10.6 Å². The van der Waals surface area contributed by atoms with Gasteiger partial charge < -0.3 is 15.0 Å². The molecule has 6 nitrogen and oxygen atoms in total. The van der Waals surface area contributed by atoms with Crippen molar-refractivity contribution in [3.05, 3.63) is 53.9 Å². The summed E-state index contributed by atoms with van der Waals surface area (Å²) in [5.41, 5.74) is 1.61. The third-order valence-electron chi connectivity index (χ3n) is 4.98. The molecule has 0 bridgehead atoms. The first kappa shape index (κ1) is 18.4. The molecule has 7 heteroatoms. The summed E-state index contributed by atoms with van der Waals surface area (Å²) in [4.78, 5) is 16.0. The summed E-state index contributed by atoms with van der Waals surface area (Å²) in [5, 5.41) is 13.8. The minimum atomic E-state index is -0.0143. The van der Waals surface area contributed by atoms with Gasteiger partial charge in [0, 0.05) is 19.0 Å². The van der Waals surface area contributed by atoms with Gasteiger partial charge in [0.1, 0.15) is 11.4 Å². The number of nitrogens with zero attached hydrogens (tertiary/aromatic N) is 3. The maximum Gasteiger partial charge on any atom is 0.227 e. The highest BCUT2D eigenvalue weighted by Gasteiger charge is 2.26. The van der Waals surface area contributed by atoms with Gasteiger partial charge in [-0.25, -0.2) is 0 Å². The van der Waals surface area contributed by atoms with Gasteiger partial charge in [0.2, 0.25) is 5.91 Å². The topological polar surface area (TPSA) is 67.3 Å². The van der Waals surface area contributed by atoms with Crippen molar-refractivity contribution in [2.75, 3.05) is 30.4 Å².